The van der Waals surface area contributed by atoms with Crippen LogP contribution in [0.4, 0.5) is 0 Å². The molecule has 38 heavy (non-hydrogen) atoms. The Labute approximate surface area is 226 Å². The Hall–Kier alpha value is -3.28. The van der Waals surface area contributed by atoms with Crippen LogP contribution >= 0.6 is 11.6 Å². The van der Waals surface area contributed by atoms with Crippen molar-refractivity contribution in [1.82, 2.24) is 15.1 Å². The lowest BCUT2D eigenvalue weighted by molar-refractivity contribution is -0.138. The lowest BCUT2D eigenvalue weighted by Crippen LogP contribution is -2.55. The maximum atomic E-state index is 13.8. The summed E-state index contributed by atoms with van der Waals surface area (Å²) in [5.41, 5.74) is 4.73. The summed E-state index contributed by atoms with van der Waals surface area (Å²) in [6, 6.07) is 20.9. The predicted molar refractivity (Wildman–Crippen MR) is 143 cm³/mol. The highest BCUT2D eigenvalue weighted by Gasteiger charge is 2.46. The van der Waals surface area contributed by atoms with Gasteiger partial charge in [-0.25, -0.2) is 18.6 Å². The number of sulfonamides is 1. The van der Waals surface area contributed by atoms with Crippen molar-refractivity contribution < 1.29 is 28.0 Å². The van der Waals surface area contributed by atoms with Gasteiger partial charge in [0.05, 0.1) is 37.5 Å². The molecule has 3 aromatic carbocycles. The van der Waals surface area contributed by atoms with Crippen LogP contribution in [0.1, 0.15) is 39.0 Å². The Bertz CT molecular complexity index is 1390. The van der Waals surface area contributed by atoms with Crippen molar-refractivity contribution in [3.8, 4) is 0 Å². The second-order valence-electron chi connectivity index (χ2n) is 8.97. The van der Waals surface area contributed by atoms with E-state index in [2.05, 4.69) is 10.2 Å². The zero-order chi connectivity index (χ0) is 27.3. The number of halogens is 1. The molecule has 0 spiro atoms. The SMILES string of the molecule is CS(=O)(=O)NC[C@H](CO)N1C(=O)c2ccccc2C(C(=O)NOCc2ccccc2)C1c1ccc(Cl)cc1. The number of hydrogen-bond donors (Lipinski definition) is 3. The first-order chi connectivity index (χ1) is 18.2. The predicted octanol–water partition coefficient (Wildman–Crippen LogP) is 2.78. The standard InChI is InChI=1S/C27H28ClN3O6S/c1-38(35,36)29-15-21(16-32)31-25(19-11-13-20(28)14-12-19)24(22-9-5-6-10-23(22)27(31)34)26(33)30-37-17-18-7-3-2-4-8-18/h2-14,21,24-25,29,32H,15-17H2,1H3,(H,30,33)/t21-,24?,25?/m1/s1. The van der Waals surface area contributed by atoms with E-state index in [1.807, 2.05) is 30.3 Å². The minimum absolute atomic E-state index is 0.132. The largest absolute Gasteiger partial charge is 0.394 e. The summed E-state index contributed by atoms with van der Waals surface area (Å²) < 4.78 is 26.0. The number of aliphatic hydroxyl groups excluding tert-OH is 1. The Balaban J connectivity index is 1.75. The van der Waals surface area contributed by atoms with E-state index in [4.69, 9.17) is 16.4 Å². The molecule has 200 valence electrons. The van der Waals surface area contributed by atoms with Crippen LogP contribution in [0.3, 0.4) is 0 Å². The van der Waals surface area contributed by atoms with Gasteiger partial charge in [-0.05, 0) is 34.9 Å². The summed E-state index contributed by atoms with van der Waals surface area (Å²) in [5, 5.41) is 10.7. The van der Waals surface area contributed by atoms with Gasteiger partial charge in [0.15, 0.2) is 0 Å². The van der Waals surface area contributed by atoms with E-state index in [1.165, 1.54) is 4.90 Å². The summed E-state index contributed by atoms with van der Waals surface area (Å²) in [7, 11) is -3.62. The highest BCUT2D eigenvalue weighted by atomic mass is 35.5. The number of amides is 2. The molecule has 1 heterocycles. The zero-order valence-corrected chi connectivity index (χ0v) is 22.2. The van der Waals surface area contributed by atoms with Crippen LogP contribution in [-0.2, 0) is 26.3 Å². The lowest BCUT2D eigenvalue weighted by atomic mass is 9.78. The van der Waals surface area contributed by atoms with Gasteiger partial charge in [0.1, 0.15) is 0 Å². The number of rotatable bonds is 10. The van der Waals surface area contributed by atoms with E-state index in [-0.39, 0.29) is 18.7 Å². The van der Waals surface area contributed by atoms with Crippen LogP contribution in [0.25, 0.3) is 0 Å². The Kier molecular flexibility index (Phi) is 8.80. The first kappa shape index (κ1) is 27.7. The Morgan fingerprint density at radius 3 is 2.37 bits per heavy atom. The minimum Gasteiger partial charge on any atom is -0.394 e. The van der Waals surface area contributed by atoms with Crippen LogP contribution in [-0.4, -0.2) is 55.7 Å². The van der Waals surface area contributed by atoms with Crippen LogP contribution in [0.5, 0.6) is 0 Å². The molecule has 9 nitrogen and oxygen atoms in total. The number of hydroxylamine groups is 1. The molecule has 0 aliphatic carbocycles. The quantitative estimate of drug-likeness (QED) is 0.329. The molecule has 2 unspecified atom stereocenters. The molecule has 11 heteroatoms. The lowest BCUT2D eigenvalue weighted by Gasteiger charge is -2.45. The van der Waals surface area contributed by atoms with Gasteiger partial charge < -0.3 is 10.0 Å². The highest BCUT2D eigenvalue weighted by Crippen LogP contribution is 2.44. The molecule has 1 aliphatic heterocycles. The third-order valence-corrected chi connectivity index (χ3v) is 7.25. The van der Waals surface area contributed by atoms with Crippen molar-refractivity contribution in [2.24, 2.45) is 0 Å². The normalized spacial score (nSPS) is 18.1. The van der Waals surface area contributed by atoms with Crippen LogP contribution in [0, 0.1) is 0 Å². The average Bonchev–Trinajstić information content (AvgIpc) is 2.90. The molecule has 3 atom stereocenters. The molecular weight excluding hydrogens is 530 g/mol. The van der Waals surface area contributed by atoms with E-state index in [9.17, 15) is 23.1 Å². The topological polar surface area (TPSA) is 125 Å². The molecule has 1 aliphatic rings. The number of nitrogens with zero attached hydrogens (tertiary/aromatic N) is 1. The molecule has 0 bridgehead atoms. The van der Waals surface area contributed by atoms with Gasteiger partial charge in [-0.2, -0.15) is 0 Å². The third kappa shape index (κ3) is 6.40. The van der Waals surface area contributed by atoms with Gasteiger partial charge in [0, 0.05) is 17.1 Å². The van der Waals surface area contributed by atoms with Crippen molar-refractivity contribution in [2.75, 3.05) is 19.4 Å². The molecule has 0 radical (unpaired) electrons. The van der Waals surface area contributed by atoms with Gasteiger partial charge in [-0.15, -0.1) is 0 Å². The van der Waals surface area contributed by atoms with Crippen molar-refractivity contribution >= 4 is 33.4 Å². The van der Waals surface area contributed by atoms with E-state index in [1.54, 1.807) is 48.5 Å². The minimum atomic E-state index is -3.62. The third-order valence-electron chi connectivity index (χ3n) is 6.31. The highest BCUT2D eigenvalue weighted by molar-refractivity contribution is 7.88. The number of aliphatic hydroxyl groups is 1. The Morgan fingerprint density at radius 1 is 1.05 bits per heavy atom. The molecule has 0 aromatic heterocycles. The van der Waals surface area contributed by atoms with Gasteiger partial charge >= 0.3 is 0 Å². The average molecular weight is 558 g/mol. The number of hydrogen-bond acceptors (Lipinski definition) is 6. The molecule has 3 aromatic rings. The monoisotopic (exact) mass is 557 g/mol. The van der Waals surface area contributed by atoms with Gasteiger partial charge in [-0.3, -0.25) is 14.4 Å². The first-order valence-corrected chi connectivity index (χ1v) is 14.1. The van der Waals surface area contributed by atoms with Crippen molar-refractivity contribution in [3.63, 3.8) is 0 Å². The molecular formula is C27H28ClN3O6S. The first-order valence-electron chi connectivity index (χ1n) is 11.9. The van der Waals surface area contributed by atoms with Gasteiger partial charge in [0.25, 0.3) is 11.8 Å². The van der Waals surface area contributed by atoms with E-state index in [0.29, 0.717) is 16.1 Å². The smallest absolute Gasteiger partial charge is 0.255 e. The molecule has 3 N–H and O–H groups in total. The van der Waals surface area contributed by atoms with Crippen LogP contribution in [0.15, 0.2) is 78.9 Å². The molecule has 0 saturated heterocycles. The fourth-order valence-corrected chi connectivity index (χ4v) is 5.20. The van der Waals surface area contributed by atoms with Crippen molar-refractivity contribution in [2.45, 2.75) is 24.6 Å². The number of carbonyl (C=O) groups is 2. The number of nitrogens with one attached hydrogen (secondary N) is 2. The van der Waals surface area contributed by atoms with Gasteiger partial charge in [-0.1, -0.05) is 72.3 Å². The number of carbonyl (C=O) groups excluding carboxylic acids is 2. The van der Waals surface area contributed by atoms with E-state index < -0.39 is 46.4 Å². The van der Waals surface area contributed by atoms with E-state index >= 15 is 0 Å². The van der Waals surface area contributed by atoms with Crippen LogP contribution in [0.2, 0.25) is 5.02 Å². The second kappa shape index (κ2) is 12.1. The maximum absolute atomic E-state index is 13.8. The van der Waals surface area contributed by atoms with E-state index in [0.717, 1.165) is 11.8 Å². The second-order valence-corrected chi connectivity index (χ2v) is 11.2. The zero-order valence-electron chi connectivity index (χ0n) is 20.6. The fourth-order valence-electron chi connectivity index (χ4n) is 4.58. The van der Waals surface area contributed by atoms with Crippen molar-refractivity contribution in [1.29, 1.82) is 0 Å². The molecule has 0 saturated carbocycles. The summed E-state index contributed by atoms with van der Waals surface area (Å²) in [6.45, 7) is -0.654. The molecule has 2 amide bonds. The molecule has 0 fully saturated rings. The summed E-state index contributed by atoms with van der Waals surface area (Å²) in [5.74, 6) is -1.88. The molecule has 4 rings (SSSR count). The van der Waals surface area contributed by atoms with Crippen molar-refractivity contribution in [3.05, 3.63) is 106 Å². The summed E-state index contributed by atoms with van der Waals surface area (Å²) >= 11 is 6.12. The summed E-state index contributed by atoms with van der Waals surface area (Å²) in [4.78, 5) is 34.4. The Morgan fingerprint density at radius 2 is 1.71 bits per heavy atom. The number of benzene rings is 3. The maximum Gasteiger partial charge on any atom is 0.255 e. The fraction of sp³-hybridized carbons (Fsp3) is 0.259. The summed E-state index contributed by atoms with van der Waals surface area (Å²) in [6.07, 6.45) is 0.992. The number of fused-ring (bicyclic) bond motifs is 1. The van der Waals surface area contributed by atoms with Gasteiger partial charge in [0.2, 0.25) is 10.0 Å². The van der Waals surface area contributed by atoms with Crippen LogP contribution < -0.4 is 10.2 Å².